The Morgan fingerprint density at radius 1 is 1.06 bits per heavy atom. The maximum Gasteiger partial charge on any atom is 0.453 e. The predicted molar refractivity (Wildman–Crippen MR) is 45.1 cm³/mol. The van der Waals surface area contributed by atoms with Crippen molar-refractivity contribution >= 4 is 10.4 Å². The minimum Gasteiger partial charge on any atom is -0.344 e. The molecule has 0 amide bonds. The van der Waals surface area contributed by atoms with Crippen molar-refractivity contribution < 1.29 is 39.5 Å². The number of halogens is 5. The monoisotopic (exact) mass is 277 g/mol. The van der Waals surface area contributed by atoms with Crippen molar-refractivity contribution in [2.24, 2.45) is 0 Å². The lowest BCUT2D eigenvalue weighted by molar-refractivity contribution is -0.284. The molecule has 0 saturated heterocycles. The van der Waals surface area contributed by atoms with Crippen molar-refractivity contribution in [1.82, 2.24) is 6.15 Å². The Balaban J connectivity index is -0.000000242. The predicted octanol–water partition coefficient (Wildman–Crippen LogP) is 2.49. The van der Waals surface area contributed by atoms with Gasteiger partial charge < -0.3 is 6.15 Å². The topological polar surface area (TPSA) is 110 Å². The van der Waals surface area contributed by atoms with E-state index in [1.54, 1.807) is 0 Å². The second-order valence-corrected chi connectivity index (χ2v) is 3.30. The second-order valence-electron chi connectivity index (χ2n) is 2.40. The Bertz CT molecular complexity index is 267. The molecule has 0 aliphatic heterocycles. The van der Waals surface area contributed by atoms with Crippen LogP contribution in [0.3, 0.4) is 0 Å². The van der Waals surface area contributed by atoms with Crippen molar-refractivity contribution in [3.05, 3.63) is 0 Å². The van der Waals surface area contributed by atoms with Crippen LogP contribution < -0.4 is 6.15 Å². The standard InChI is InChI=1S/C5H7F5.H3N.H2O4S/c1-2-3-4(6,7)5(8,9)10;;1-5(2,3)4/h2-3H2,1H3;1H3;(H2,1,2,3,4). The third kappa shape index (κ3) is 13.5. The molecule has 0 unspecified atom stereocenters. The summed E-state index contributed by atoms with van der Waals surface area (Å²) in [5.74, 6) is -4.51. The molecule has 0 aliphatic carbocycles. The van der Waals surface area contributed by atoms with Crippen LogP contribution in [0.25, 0.3) is 0 Å². The molecule has 0 aromatic heterocycles. The molecule has 0 fully saturated rings. The largest absolute Gasteiger partial charge is 0.453 e. The summed E-state index contributed by atoms with van der Waals surface area (Å²) in [5, 5.41) is 0. The lowest BCUT2D eigenvalue weighted by atomic mass is 10.2. The van der Waals surface area contributed by atoms with Gasteiger partial charge in [-0.15, -0.1) is 0 Å². The van der Waals surface area contributed by atoms with Gasteiger partial charge in [-0.25, -0.2) is 0 Å². The molecular formula is C5H12F5NO4S. The van der Waals surface area contributed by atoms with Gasteiger partial charge in [0.2, 0.25) is 0 Å². The van der Waals surface area contributed by atoms with Crippen LogP contribution in [0.1, 0.15) is 19.8 Å². The summed E-state index contributed by atoms with van der Waals surface area (Å²) in [6.45, 7) is 1.28. The third-order valence-corrected chi connectivity index (χ3v) is 0.979. The highest BCUT2D eigenvalue weighted by atomic mass is 32.3. The summed E-state index contributed by atoms with van der Waals surface area (Å²) in [7, 11) is -4.67. The van der Waals surface area contributed by atoms with Gasteiger partial charge in [0, 0.05) is 6.42 Å². The van der Waals surface area contributed by atoms with Gasteiger partial charge in [0.15, 0.2) is 0 Å². The molecule has 0 rings (SSSR count). The lowest BCUT2D eigenvalue weighted by Crippen LogP contribution is -2.35. The molecule has 102 valence electrons. The molecule has 0 saturated carbocycles. The first-order chi connectivity index (χ1) is 6.31. The molecule has 5 nitrogen and oxygen atoms in total. The van der Waals surface area contributed by atoms with E-state index in [1.807, 2.05) is 0 Å². The number of hydrogen-bond acceptors (Lipinski definition) is 3. The van der Waals surface area contributed by atoms with Crippen molar-refractivity contribution in [1.29, 1.82) is 0 Å². The van der Waals surface area contributed by atoms with Gasteiger partial charge in [-0.3, -0.25) is 9.11 Å². The number of rotatable bonds is 2. The zero-order chi connectivity index (χ0) is 12.9. The highest BCUT2D eigenvalue weighted by Gasteiger charge is 2.56. The third-order valence-electron chi connectivity index (χ3n) is 0.979. The van der Waals surface area contributed by atoms with Crippen LogP contribution in [0.2, 0.25) is 0 Å². The molecule has 0 aliphatic rings. The Morgan fingerprint density at radius 3 is 1.38 bits per heavy atom. The summed E-state index contributed by atoms with van der Waals surface area (Å²) < 4.78 is 89.0. The average molecular weight is 277 g/mol. The maximum absolute atomic E-state index is 11.8. The Morgan fingerprint density at radius 2 is 1.31 bits per heavy atom. The Labute approximate surface area is 88.8 Å². The fraction of sp³-hybridized carbons (Fsp3) is 1.00. The van der Waals surface area contributed by atoms with E-state index in [-0.39, 0.29) is 12.6 Å². The molecule has 5 N–H and O–H groups in total. The van der Waals surface area contributed by atoms with E-state index in [2.05, 4.69) is 0 Å². The second kappa shape index (κ2) is 6.93. The number of alkyl halides is 5. The zero-order valence-corrected chi connectivity index (χ0v) is 8.95. The quantitative estimate of drug-likeness (QED) is 0.530. The smallest absolute Gasteiger partial charge is 0.344 e. The van der Waals surface area contributed by atoms with Crippen molar-refractivity contribution in [2.45, 2.75) is 31.9 Å². The first-order valence-corrected chi connectivity index (χ1v) is 4.85. The molecular weight excluding hydrogens is 265 g/mol. The summed E-state index contributed by atoms with van der Waals surface area (Å²) in [5.41, 5.74) is 0. The normalized spacial score (nSPS) is 12.2. The molecule has 0 aromatic rings. The molecule has 0 spiro atoms. The highest BCUT2D eigenvalue weighted by molar-refractivity contribution is 7.79. The van der Waals surface area contributed by atoms with Crippen LogP contribution in [0, 0.1) is 0 Å². The SMILES string of the molecule is CCCC(F)(F)C(F)(F)F.N.O=S(=O)(O)O. The van der Waals surface area contributed by atoms with Gasteiger partial charge >= 0.3 is 22.5 Å². The van der Waals surface area contributed by atoms with Crippen LogP contribution in [0.15, 0.2) is 0 Å². The average Bonchev–Trinajstić information content (AvgIpc) is 1.79. The van der Waals surface area contributed by atoms with Gasteiger partial charge in [0.05, 0.1) is 0 Å². The molecule has 11 heteroatoms. The fourth-order valence-electron chi connectivity index (χ4n) is 0.456. The van der Waals surface area contributed by atoms with Crippen molar-refractivity contribution in [3.63, 3.8) is 0 Å². The van der Waals surface area contributed by atoms with Crippen LogP contribution in [0.4, 0.5) is 22.0 Å². The minimum absolute atomic E-state index is 0. The first kappa shape index (κ1) is 20.8. The Hall–Kier alpha value is -0.520. The van der Waals surface area contributed by atoms with Gasteiger partial charge in [-0.2, -0.15) is 30.4 Å². The van der Waals surface area contributed by atoms with E-state index in [0.29, 0.717) is 0 Å². The highest BCUT2D eigenvalue weighted by Crippen LogP contribution is 2.38. The summed E-state index contributed by atoms with van der Waals surface area (Å²) in [6, 6.07) is 0. The van der Waals surface area contributed by atoms with Gasteiger partial charge in [0.1, 0.15) is 0 Å². The molecule has 16 heavy (non-hydrogen) atoms. The van der Waals surface area contributed by atoms with Gasteiger partial charge in [0.25, 0.3) is 0 Å². The van der Waals surface area contributed by atoms with Crippen LogP contribution in [0.5, 0.6) is 0 Å². The van der Waals surface area contributed by atoms with Crippen LogP contribution >= 0.6 is 0 Å². The van der Waals surface area contributed by atoms with Crippen molar-refractivity contribution in [2.75, 3.05) is 0 Å². The molecule has 0 atom stereocenters. The van der Waals surface area contributed by atoms with E-state index in [0.717, 1.165) is 0 Å². The first-order valence-electron chi connectivity index (χ1n) is 3.45. The number of hydrogen-bond donors (Lipinski definition) is 3. The fourth-order valence-corrected chi connectivity index (χ4v) is 0.456. The van der Waals surface area contributed by atoms with Crippen LogP contribution in [-0.4, -0.2) is 29.6 Å². The molecule has 0 aromatic carbocycles. The summed E-state index contributed by atoms with van der Waals surface area (Å²) >= 11 is 0. The lowest BCUT2D eigenvalue weighted by Gasteiger charge is -2.18. The van der Waals surface area contributed by atoms with Gasteiger partial charge in [-0.05, 0) is 0 Å². The van der Waals surface area contributed by atoms with Gasteiger partial charge in [-0.1, -0.05) is 13.3 Å². The molecule has 0 bridgehead atoms. The van der Waals surface area contributed by atoms with E-state index in [9.17, 15) is 22.0 Å². The molecule has 0 heterocycles. The van der Waals surface area contributed by atoms with Crippen LogP contribution in [-0.2, 0) is 10.4 Å². The maximum atomic E-state index is 11.8. The van der Waals surface area contributed by atoms with E-state index in [4.69, 9.17) is 17.5 Å². The van der Waals surface area contributed by atoms with E-state index in [1.165, 1.54) is 6.92 Å². The zero-order valence-electron chi connectivity index (χ0n) is 8.13. The molecule has 0 radical (unpaired) electrons. The van der Waals surface area contributed by atoms with E-state index >= 15 is 0 Å². The summed E-state index contributed by atoms with van der Waals surface area (Å²) in [6.07, 6.45) is -6.69. The van der Waals surface area contributed by atoms with E-state index < -0.39 is 28.9 Å². The van der Waals surface area contributed by atoms with Crippen molar-refractivity contribution in [3.8, 4) is 0 Å². The summed E-state index contributed by atoms with van der Waals surface area (Å²) in [4.78, 5) is 0. The Kier molecular flexibility index (Phi) is 9.03. The minimum atomic E-state index is -5.39.